The van der Waals surface area contributed by atoms with Gasteiger partial charge >= 0.3 is 0 Å². The Morgan fingerprint density at radius 1 is 1.09 bits per heavy atom. The monoisotopic (exact) mass is 442 g/mol. The molecule has 1 aliphatic rings. The Bertz CT molecular complexity index is 1300. The van der Waals surface area contributed by atoms with Crippen molar-refractivity contribution in [1.29, 1.82) is 0 Å². The highest BCUT2D eigenvalue weighted by Crippen LogP contribution is 2.30. The summed E-state index contributed by atoms with van der Waals surface area (Å²) in [6.45, 7) is 4.46. The highest BCUT2D eigenvalue weighted by molar-refractivity contribution is 7.21. The van der Waals surface area contributed by atoms with Crippen molar-refractivity contribution in [2.45, 2.75) is 20.3 Å². The van der Waals surface area contributed by atoms with Crippen LogP contribution < -0.4 is 10.2 Å². The minimum Gasteiger partial charge on any atom is -0.326 e. The number of thiazole rings is 1. The molecule has 2 amide bonds. The number of hydrogen-bond acceptors (Lipinski definition) is 5. The molecule has 1 unspecified atom stereocenters. The van der Waals surface area contributed by atoms with Gasteiger partial charge in [0.1, 0.15) is 15.4 Å². The number of carbonyl (C=O) groups is 2. The van der Waals surface area contributed by atoms with Crippen LogP contribution >= 0.6 is 11.3 Å². The lowest BCUT2D eigenvalue weighted by molar-refractivity contribution is -0.122. The molecule has 1 atom stereocenters. The molecule has 1 fully saturated rings. The quantitative estimate of drug-likeness (QED) is 0.484. The minimum absolute atomic E-state index is 0.0202. The first-order valence-electron chi connectivity index (χ1n) is 10.5. The summed E-state index contributed by atoms with van der Waals surface area (Å²) in [4.78, 5) is 36.9. The van der Waals surface area contributed by atoms with Crippen LogP contribution in [0.2, 0.25) is 0 Å². The van der Waals surface area contributed by atoms with Gasteiger partial charge in [0, 0.05) is 36.1 Å². The Hall–Kier alpha value is -3.58. The molecule has 2 aromatic carbocycles. The first-order valence-corrected chi connectivity index (χ1v) is 11.3. The largest absolute Gasteiger partial charge is 0.326 e. The summed E-state index contributed by atoms with van der Waals surface area (Å²) in [5.41, 5.74) is 5.72. The summed E-state index contributed by atoms with van der Waals surface area (Å²) in [5.74, 6) is -0.533. The van der Waals surface area contributed by atoms with E-state index in [1.54, 1.807) is 11.1 Å². The van der Waals surface area contributed by atoms with E-state index in [1.165, 1.54) is 16.9 Å². The van der Waals surface area contributed by atoms with Gasteiger partial charge in [-0.3, -0.25) is 9.59 Å². The number of hydrogen-bond donors (Lipinski definition) is 1. The van der Waals surface area contributed by atoms with Crippen LogP contribution in [-0.2, 0) is 9.59 Å². The van der Waals surface area contributed by atoms with Gasteiger partial charge in [-0.1, -0.05) is 17.4 Å². The van der Waals surface area contributed by atoms with Gasteiger partial charge in [-0.05, 0) is 73.5 Å². The van der Waals surface area contributed by atoms with Crippen LogP contribution in [0.15, 0.2) is 60.8 Å². The topological polar surface area (TPSA) is 75.2 Å². The van der Waals surface area contributed by atoms with Crippen LogP contribution in [0.1, 0.15) is 17.5 Å². The number of anilines is 2. The van der Waals surface area contributed by atoms with Gasteiger partial charge < -0.3 is 10.2 Å². The molecule has 3 heterocycles. The van der Waals surface area contributed by atoms with Crippen molar-refractivity contribution in [3.8, 4) is 10.6 Å². The molecule has 2 aromatic heterocycles. The van der Waals surface area contributed by atoms with E-state index in [0.29, 0.717) is 12.2 Å². The van der Waals surface area contributed by atoms with Crippen LogP contribution in [0.25, 0.3) is 20.9 Å². The molecule has 1 N–H and O–H groups in total. The third-order valence-corrected chi connectivity index (χ3v) is 6.89. The van der Waals surface area contributed by atoms with Gasteiger partial charge in [0.25, 0.3) is 0 Å². The van der Waals surface area contributed by atoms with E-state index in [2.05, 4.69) is 15.3 Å². The Kier molecular flexibility index (Phi) is 5.19. The van der Waals surface area contributed by atoms with Crippen LogP contribution in [0.5, 0.6) is 0 Å². The van der Waals surface area contributed by atoms with Gasteiger partial charge in [0.15, 0.2) is 0 Å². The number of nitrogens with zero attached hydrogens (tertiary/aromatic N) is 3. The number of pyridine rings is 1. The Balaban J connectivity index is 1.26. The number of benzene rings is 2. The molecule has 0 radical (unpaired) electrons. The van der Waals surface area contributed by atoms with E-state index in [9.17, 15) is 9.59 Å². The van der Waals surface area contributed by atoms with Crippen LogP contribution in [0, 0.1) is 19.8 Å². The van der Waals surface area contributed by atoms with Gasteiger partial charge in [-0.25, -0.2) is 9.97 Å². The smallest absolute Gasteiger partial charge is 0.229 e. The van der Waals surface area contributed by atoms with Gasteiger partial charge in [-0.15, -0.1) is 0 Å². The number of carbonyl (C=O) groups excluding carboxylic acids is 2. The lowest BCUT2D eigenvalue weighted by Gasteiger charge is -2.18. The molecule has 6 nitrogen and oxygen atoms in total. The molecule has 0 aliphatic carbocycles. The molecule has 7 heteroatoms. The Labute approximate surface area is 189 Å². The number of nitrogens with one attached hydrogen (secondary N) is 1. The third kappa shape index (κ3) is 3.87. The zero-order valence-electron chi connectivity index (χ0n) is 17.8. The molecule has 1 saturated heterocycles. The summed E-state index contributed by atoms with van der Waals surface area (Å²) in [7, 11) is 0. The molecule has 0 saturated carbocycles. The zero-order valence-corrected chi connectivity index (χ0v) is 18.6. The average Bonchev–Trinajstić information content (AvgIpc) is 3.40. The van der Waals surface area contributed by atoms with E-state index in [0.717, 1.165) is 32.2 Å². The van der Waals surface area contributed by atoms with Crippen molar-refractivity contribution in [2.24, 2.45) is 5.92 Å². The molecule has 4 aromatic rings. The molecule has 0 spiro atoms. The van der Waals surface area contributed by atoms with E-state index >= 15 is 0 Å². The second kappa shape index (κ2) is 8.16. The van der Waals surface area contributed by atoms with Crippen molar-refractivity contribution < 1.29 is 9.59 Å². The van der Waals surface area contributed by atoms with E-state index in [4.69, 9.17) is 0 Å². The van der Waals surface area contributed by atoms with Crippen molar-refractivity contribution >= 4 is 44.9 Å². The predicted molar refractivity (Wildman–Crippen MR) is 128 cm³/mol. The summed E-state index contributed by atoms with van der Waals surface area (Å²) >= 11 is 1.54. The number of rotatable bonds is 4. The number of fused-ring (bicyclic) bond motifs is 1. The molecule has 160 valence electrons. The summed E-state index contributed by atoms with van der Waals surface area (Å²) in [5, 5.41) is 3.85. The number of amides is 2. The molecule has 1 aliphatic heterocycles. The van der Waals surface area contributed by atoms with Crippen LogP contribution in [-0.4, -0.2) is 28.3 Å². The summed E-state index contributed by atoms with van der Waals surface area (Å²) in [6.07, 6.45) is 1.98. The first-order chi connectivity index (χ1) is 15.5. The molecule has 5 rings (SSSR count). The predicted octanol–water partition coefficient (Wildman–Crippen LogP) is 4.97. The molecule has 0 bridgehead atoms. The Morgan fingerprint density at radius 3 is 2.66 bits per heavy atom. The van der Waals surface area contributed by atoms with Gasteiger partial charge in [0.2, 0.25) is 11.8 Å². The fourth-order valence-corrected chi connectivity index (χ4v) is 4.77. The molecular formula is C25H22N4O2S. The summed E-state index contributed by atoms with van der Waals surface area (Å²) < 4.78 is 0. The molecule has 32 heavy (non-hydrogen) atoms. The summed E-state index contributed by atoms with van der Waals surface area (Å²) in [6, 6.07) is 17.4. The zero-order chi connectivity index (χ0) is 22.2. The van der Waals surface area contributed by atoms with Gasteiger partial charge in [-0.2, -0.15) is 0 Å². The fourth-order valence-electron chi connectivity index (χ4n) is 3.86. The Morgan fingerprint density at radius 2 is 1.91 bits per heavy atom. The van der Waals surface area contributed by atoms with E-state index in [-0.39, 0.29) is 24.2 Å². The highest BCUT2D eigenvalue weighted by Gasteiger charge is 2.35. The van der Waals surface area contributed by atoms with Crippen molar-refractivity contribution in [1.82, 2.24) is 9.97 Å². The maximum absolute atomic E-state index is 12.8. The molecular weight excluding hydrogens is 420 g/mol. The normalized spacial score (nSPS) is 16.0. The second-order valence-electron chi connectivity index (χ2n) is 8.09. The second-order valence-corrected chi connectivity index (χ2v) is 9.06. The average molecular weight is 443 g/mol. The maximum atomic E-state index is 12.8. The fraction of sp³-hybridized carbons (Fsp3) is 0.200. The first kappa shape index (κ1) is 20.3. The standard InChI is InChI=1S/C25H22N4O2S/c1-15-5-10-20(12-16(15)2)29-14-18(13-22(29)30)23(31)27-19-8-6-17(7-9-19)24-28-21-4-3-11-26-25(21)32-24/h3-12,18H,13-14H2,1-2H3,(H,27,31). The van der Waals surface area contributed by atoms with Crippen molar-refractivity contribution in [3.05, 3.63) is 71.9 Å². The van der Waals surface area contributed by atoms with Crippen LogP contribution in [0.4, 0.5) is 11.4 Å². The SMILES string of the molecule is Cc1ccc(N2CC(C(=O)Nc3ccc(-c4nc5cccnc5s4)cc3)CC2=O)cc1C. The van der Waals surface area contributed by atoms with Crippen molar-refractivity contribution in [2.75, 3.05) is 16.8 Å². The van der Waals surface area contributed by atoms with Crippen LogP contribution in [0.3, 0.4) is 0 Å². The minimum atomic E-state index is -0.376. The van der Waals surface area contributed by atoms with E-state index in [1.807, 2.05) is 68.4 Å². The number of aromatic nitrogens is 2. The maximum Gasteiger partial charge on any atom is 0.229 e. The third-order valence-electron chi connectivity index (χ3n) is 5.86. The lowest BCUT2D eigenvalue weighted by Crippen LogP contribution is -2.28. The lowest BCUT2D eigenvalue weighted by atomic mass is 10.1. The van der Waals surface area contributed by atoms with E-state index < -0.39 is 0 Å². The highest BCUT2D eigenvalue weighted by atomic mass is 32.1. The van der Waals surface area contributed by atoms with Gasteiger partial charge in [0.05, 0.1) is 5.92 Å². The van der Waals surface area contributed by atoms with Crippen molar-refractivity contribution in [3.63, 3.8) is 0 Å². The number of aryl methyl sites for hydroxylation is 2.